The number of carbonyl (C=O) groups is 2. The minimum Gasteiger partial charge on any atom is -0.478 e. The first kappa shape index (κ1) is 15.2. The minimum atomic E-state index is -1.23. The van der Waals surface area contributed by atoms with Crippen LogP contribution >= 0.6 is 0 Å². The molecule has 1 atom stereocenters. The number of carboxylic acid groups (broad SMARTS) is 1. The van der Waals surface area contributed by atoms with Gasteiger partial charge in [0.2, 0.25) is 0 Å². The Bertz CT molecular complexity index is 544. The Hall–Kier alpha value is -2.15. The number of aromatic carboxylic acids is 1. The van der Waals surface area contributed by atoms with E-state index in [9.17, 15) is 14.0 Å². The fraction of sp³-hybridized carbons (Fsp3) is 0.429. The van der Waals surface area contributed by atoms with Gasteiger partial charge in [-0.2, -0.15) is 0 Å². The number of urea groups is 1. The lowest BCUT2D eigenvalue weighted by Gasteiger charge is -2.21. The Balaban J connectivity index is 2.04. The van der Waals surface area contributed by atoms with Crippen molar-refractivity contribution in [3.63, 3.8) is 0 Å². The monoisotopic (exact) mass is 296 g/mol. The number of nitrogens with zero attached hydrogens (tertiary/aromatic N) is 1. The molecule has 0 bridgehead atoms. The second-order valence-electron chi connectivity index (χ2n) is 4.94. The van der Waals surface area contributed by atoms with Crippen molar-refractivity contribution in [2.45, 2.75) is 18.9 Å². The number of ether oxygens (including phenoxy) is 1. The Morgan fingerprint density at radius 2 is 2.29 bits per heavy atom. The highest BCUT2D eigenvalue weighted by Crippen LogP contribution is 2.18. The van der Waals surface area contributed by atoms with Crippen LogP contribution in [0.2, 0.25) is 0 Å². The van der Waals surface area contributed by atoms with Crippen molar-refractivity contribution >= 4 is 17.7 Å². The zero-order valence-corrected chi connectivity index (χ0v) is 11.6. The van der Waals surface area contributed by atoms with Gasteiger partial charge in [0.05, 0.1) is 17.4 Å². The number of halogens is 1. The lowest BCUT2D eigenvalue weighted by Crippen LogP contribution is -2.37. The fourth-order valence-corrected chi connectivity index (χ4v) is 2.19. The average molecular weight is 296 g/mol. The van der Waals surface area contributed by atoms with Gasteiger partial charge in [-0.15, -0.1) is 0 Å². The molecule has 1 aliphatic rings. The third kappa shape index (κ3) is 3.91. The van der Waals surface area contributed by atoms with E-state index < -0.39 is 17.8 Å². The topological polar surface area (TPSA) is 78.9 Å². The first-order valence-corrected chi connectivity index (χ1v) is 6.64. The molecule has 7 heteroatoms. The standard InChI is InChI=1S/C14H17FN2O4/c1-17(8-10-3-2-6-21-10)14(20)16-12-7-9(15)4-5-11(12)13(18)19/h4-5,7,10H,2-3,6,8H2,1H3,(H,16,20)(H,18,19). The summed E-state index contributed by atoms with van der Waals surface area (Å²) in [5.74, 6) is -1.84. The number of likely N-dealkylation sites (N-methyl/N-ethyl adjacent to an activating group) is 1. The number of amides is 2. The van der Waals surface area contributed by atoms with Gasteiger partial charge in [0, 0.05) is 20.2 Å². The minimum absolute atomic E-state index is 0.00722. The molecular formula is C14H17FN2O4. The summed E-state index contributed by atoms with van der Waals surface area (Å²) in [6, 6.07) is 2.64. The molecule has 21 heavy (non-hydrogen) atoms. The van der Waals surface area contributed by atoms with Crippen molar-refractivity contribution in [3.05, 3.63) is 29.6 Å². The normalized spacial score (nSPS) is 17.5. The number of carboxylic acids is 1. The van der Waals surface area contributed by atoms with E-state index in [1.54, 1.807) is 7.05 Å². The molecule has 2 N–H and O–H groups in total. The first-order valence-electron chi connectivity index (χ1n) is 6.64. The summed E-state index contributed by atoms with van der Waals surface area (Å²) in [5.41, 5.74) is -0.220. The maximum absolute atomic E-state index is 13.2. The van der Waals surface area contributed by atoms with E-state index in [-0.39, 0.29) is 17.4 Å². The molecule has 0 aromatic heterocycles. The summed E-state index contributed by atoms with van der Waals surface area (Å²) in [7, 11) is 1.58. The maximum atomic E-state index is 13.2. The molecule has 2 amide bonds. The van der Waals surface area contributed by atoms with Gasteiger partial charge >= 0.3 is 12.0 Å². The maximum Gasteiger partial charge on any atom is 0.337 e. The molecule has 1 aliphatic heterocycles. The van der Waals surface area contributed by atoms with Crippen LogP contribution in [0.4, 0.5) is 14.9 Å². The molecular weight excluding hydrogens is 279 g/mol. The van der Waals surface area contributed by atoms with Gasteiger partial charge in [-0.05, 0) is 31.0 Å². The predicted octanol–water partition coefficient (Wildman–Crippen LogP) is 2.17. The summed E-state index contributed by atoms with van der Waals surface area (Å²) in [4.78, 5) is 24.5. The third-order valence-electron chi connectivity index (χ3n) is 3.30. The van der Waals surface area contributed by atoms with Crippen LogP contribution in [0.1, 0.15) is 23.2 Å². The summed E-state index contributed by atoms with van der Waals surface area (Å²) < 4.78 is 18.6. The summed E-state index contributed by atoms with van der Waals surface area (Å²) >= 11 is 0. The van der Waals surface area contributed by atoms with E-state index in [1.165, 1.54) is 4.90 Å². The molecule has 114 valence electrons. The fourth-order valence-electron chi connectivity index (χ4n) is 2.19. The van der Waals surface area contributed by atoms with Crippen LogP contribution in [0.25, 0.3) is 0 Å². The van der Waals surface area contributed by atoms with Crippen LogP contribution in [-0.4, -0.2) is 48.3 Å². The van der Waals surface area contributed by atoms with Crippen LogP contribution in [0, 0.1) is 5.82 Å². The number of benzene rings is 1. The van der Waals surface area contributed by atoms with Crippen molar-refractivity contribution in [3.8, 4) is 0 Å². The van der Waals surface area contributed by atoms with Crippen LogP contribution in [0.5, 0.6) is 0 Å². The second-order valence-corrected chi connectivity index (χ2v) is 4.94. The molecule has 0 saturated carbocycles. The van der Waals surface area contributed by atoms with E-state index in [0.717, 1.165) is 31.0 Å². The number of hydrogen-bond acceptors (Lipinski definition) is 3. The van der Waals surface area contributed by atoms with Crippen LogP contribution in [0.15, 0.2) is 18.2 Å². The van der Waals surface area contributed by atoms with E-state index in [4.69, 9.17) is 9.84 Å². The smallest absolute Gasteiger partial charge is 0.337 e. The molecule has 0 radical (unpaired) electrons. The molecule has 1 heterocycles. The van der Waals surface area contributed by atoms with Crippen LogP contribution in [0.3, 0.4) is 0 Å². The van der Waals surface area contributed by atoms with Gasteiger partial charge < -0.3 is 20.1 Å². The Labute approximate surface area is 121 Å². The van der Waals surface area contributed by atoms with Gasteiger partial charge in [-0.3, -0.25) is 0 Å². The highest BCUT2D eigenvalue weighted by Gasteiger charge is 2.21. The molecule has 6 nitrogen and oxygen atoms in total. The number of anilines is 1. The van der Waals surface area contributed by atoms with E-state index in [1.807, 2.05) is 0 Å². The van der Waals surface area contributed by atoms with Gasteiger partial charge in [0.1, 0.15) is 5.82 Å². The summed E-state index contributed by atoms with van der Waals surface area (Å²) in [6.07, 6.45) is 1.85. The second kappa shape index (κ2) is 6.53. The zero-order chi connectivity index (χ0) is 15.4. The summed E-state index contributed by atoms with van der Waals surface area (Å²) in [6.45, 7) is 1.09. The number of nitrogens with one attached hydrogen (secondary N) is 1. The van der Waals surface area contributed by atoms with E-state index in [0.29, 0.717) is 13.2 Å². The van der Waals surface area contributed by atoms with Crippen molar-refractivity contribution in [2.75, 3.05) is 25.5 Å². The molecule has 0 aliphatic carbocycles. The van der Waals surface area contributed by atoms with Gasteiger partial charge in [0.25, 0.3) is 0 Å². The van der Waals surface area contributed by atoms with Crippen molar-refractivity contribution in [1.29, 1.82) is 0 Å². The van der Waals surface area contributed by atoms with E-state index in [2.05, 4.69) is 5.32 Å². The highest BCUT2D eigenvalue weighted by atomic mass is 19.1. The molecule has 1 aromatic carbocycles. The zero-order valence-electron chi connectivity index (χ0n) is 11.6. The average Bonchev–Trinajstić information content (AvgIpc) is 2.91. The molecule has 2 rings (SSSR count). The molecule has 1 aromatic rings. The first-order chi connectivity index (χ1) is 9.97. The number of rotatable bonds is 4. The van der Waals surface area contributed by atoms with Crippen molar-refractivity contribution < 1.29 is 23.8 Å². The van der Waals surface area contributed by atoms with Crippen LogP contribution in [-0.2, 0) is 4.74 Å². The lowest BCUT2D eigenvalue weighted by molar-refractivity contribution is 0.0698. The molecule has 1 fully saturated rings. The number of carbonyl (C=O) groups excluding carboxylic acids is 1. The van der Waals surface area contributed by atoms with Crippen LogP contribution < -0.4 is 5.32 Å². The lowest BCUT2D eigenvalue weighted by atomic mass is 10.1. The van der Waals surface area contributed by atoms with E-state index >= 15 is 0 Å². The predicted molar refractivity (Wildman–Crippen MR) is 74.0 cm³/mol. The molecule has 1 unspecified atom stereocenters. The summed E-state index contributed by atoms with van der Waals surface area (Å²) in [5, 5.41) is 11.4. The van der Waals surface area contributed by atoms with Gasteiger partial charge in [-0.25, -0.2) is 14.0 Å². The highest BCUT2D eigenvalue weighted by molar-refractivity contribution is 5.99. The SMILES string of the molecule is CN(CC1CCCO1)C(=O)Nc1cc(F)ccc1C(=O)O. The quantitative estimate of drug-likeness (QED) is 0.892. The third-order valence-corrected chi connectivity index (χ3v) is 3.30. The Kier molecular flexibility index (Phi) is 4.74. The van der Waals surface area contributed by atoms with Crippen molar-refractivity contribution in [2.24, 2.45) is 0 Å². The largest absolute Gasteiger partial charge is 0.478 e. The van der Waals surface area contributed by atoms with Crippen molar-refractivity contribution in [1.82, 2.24) is 4.90 Å². The number of hydrogen-bond donors (Lipinski definition) is 2. The molecule has 1 saturated heterocycles. The molecule has 0 spiro atoms. The van der Waals surface area contributed by atoms with Gasteiger partial charge in [0.15, 0.2) is 0 Å². The Morgan fingerprint density at radius 1 is 1.52 bits per heavy atom. The Morgan fingerprint density at radius 3 is 2.90 bits per heavy atom. The van der Waals surface area contributed by atoms with Gasteiger partial charge in [-0.1, -0.05) is 0 Å².